The third kappa shape index (κ3) is 4.05. The summed E-state index contributed by atoms with van der Waals surface area (Å²) >= 11 is 0. The molecule has 1 aromatic heterocycles. The second-order valence-corrected chi connectivity index (χ2v) is 5.65. The number of hydrogen-bond donors (Lipinski definition) is 1. The first kappa shape index (κ1) is 17.6. The summed E-state index contributed by atoms with van der Waals surface area (Å²) in [5.74, 6) is -0.144. The maximum atomic E-state index is 12.7. The number of nitrogens with zero attached hydrogens (tertiary/aromatic N) is 4. The molecule has 1 amide bonds. The van der Waals surface area contributed by atoms with Gasteiger partial charge in [0.25, 0.3) is 0 Å². The monoisotopic (exact) mass is 361 g/mol. The standard InChI is InChI=1S/C17H14F3N5O/c1-11-5-7-12(8-6-11)16-22-23-24-25(16)10-15(26)21-14-4-2-3-13(9-14)17(18,19)20/h2-9H,10H2,1H3,(H,21,26). The van der Waals surface area contributed by atoms with Crippen LogP contribution >= 0.6 is 0 Å². The van der Waals surface area contributed by atoms with Crippen LogP contribution in [-0.2, 0) is 17.5 Å². The fourth-order valence-electron chi connectivity index (χ4n) is 2.33. The number of nitrogens with one attached hydrogen (secondary N) is 1. The van der Waals surface area contributed by atoms with Crippen LogP contribution in [0.1, 0.15) is 11.1 Å². The quantitative estimate of drug-likeness (QED) is 0.774. The maximum absolute atomic E-state index is 12.7. The van der Waals surface area contributed by atoms with Crippen molar-refractivity contribution in [3.8, 4) is 11.4 Å². The predicted molar refractivity (Wildman–Crippen MR) is 88.1 cm³/mol. The summed E-state index contributed by atoms with van der Waals surface area (Å²) in [5, 5.41) is 13.7. The van der Waals surface area contributed by atoms with Crippen LogP contribution in [0.25, 0.3) is 11.4 Å². The summed E-state index contributed by atoms with van der Waals surface area (Å²) in [5.41, 5.74) is 1.01. The van der Waals surface area contributed by atoms with E-state index in [4.69, 9.17) is 0 Å². The highest BCUT2D eigenvalue weighted by atomic mass is 19.4. The topological polar surface area (TPSA) is 72.7 Å². The Morgan fingerprint density at radius 1 is 1.15 bits per heavy atom. The van der Waals surface area contributed by atoms with Crippen LogP contribution in [0.4, 0.5) is 18.9 Å². The lowest BCUT2D eigenvalue weighted by atomic mass is 10.1. The summed E-state index contributed by atoms with van der Waals surface area (Å²) in [7, 11) is 0. The smallest absolute Gasteiger partial charge is 0.324 e. The molecule has 0 aliphatic rings. The molecule has 1 heterocycles. The van der Waals surface area contributed by atoms with Crippen molar-refractivity contribution in [1.82, 2.24) is 20.2 Å². The van der Waals surface area contributed by atoms with Crippen LogP contribution in [0.5, 0.6) is 0 Å². The summed E-state index contributed by atoms with van der Waals surface area (Å²) in [6, 6.07) is 11.8. The van der Waals surface area contributed by atoms with E-state index in [1.54, 1.807) is 0 Å². The molecule has 3 rings (SSSR count). The molecule has 0 aliphatic heterocycles. The number of carbonyl (C=O) groups is 1. The Hall–Kier alpha value is -3.23. The van der Waals surface area contributed by atoms with Crippen molar-refractivity contribution in [1.29, 1.82) is 0 Å². The van der Waals surface area contributed by atoms with Crippen LogP contribution in [0, 0.1) is 6.92 Å². The lowest BCUT2D eigenvalue weighted by Crippen LogP contribution is -2.20. The number of carbonyl (C=O) groups excluding carboxylic acids is 1. The second kappa shape index (κ2) is 6.95. The number of rotatable bonds is 4. The number of aryl methyl sites for hydroxylation is 1. The Balaban J connectivity index is 1.74. The fourth-order valence-corrected chi connectivity index (χ4v) is 2.33. The molecule has 6 nitrogen and oxygen atoms in total. The molecule has 134 valence electrons. The van der Waals surface area contributed by atoms with Crippen LogP contribution < -0.4 is 5.32 Å². The Morgan fingerprint density at radius 2 is 1.88 bits per heavy atom. The minimum Gasteiger partial charge on any atom is -0.324 e. The highest BCUT2D eigenvalue weighted by Crippen LogP contribution is 2.30. The lowest BCUT2D eigenvalue weighted by molar-refractivity contribution is -0.137. The largest absolute Gasteiger partial charge is 0.416 e. The zero-order chi connectivity index (χ0) is 18.7. The van der Waals surface area contributed by atoms with Crippen molar-refractivity contribution in [2.75, 3.05) is 5.32 Å². The van der Waals surface area contributed by atoms with Gasteiger partial charge in [0.2, 0.25) is 5.91 Å². The number of alkyl halides is 3. The van der Waals surface area contributed by atoms with Gasteiger partial charge in [-0.1, -0.05) is 35.9 Å². The molecule has 0 spiro atoms. The fraction of sp³-hybridized carbons (Fsp3) is 0.176. The van der Waals surface area contributed by atoms with Gasteiger partial charge in [-0.25, -0.2) is 4.68 Å². The molecule has 1 N–H and O–H groups in total. The minimum atomic E-state index is -4.48. The number of aromatic nitrogens is 4. The van der Waals surface area contributed by atoms with Crippen molar-refractivity contribution in [2.24, 2.45) is 0 Å². The third-order valence-corrected chi connectivity index (χ3v) is 3.61. The predicted octanol–water partition coefficient (Wildman–Crippen LogP) is 3.31. The van der Waals surface area contributed by atoms with E-state index in [1.165, 1.54) is 16.8 Å². The van der Waals surface area contributed by atoms with Crippen LogP contribution in [-0.4, -0.2) is 26.1 Å². The van der Waals surface area contributed by atoms with E-state index in [-0.39, 0.29) is 12.2 Å². The normalized spacial score (nSPS) is 11.4. The molecule has 0 bridgehead atoms. The number of halogens is 3. The Morgan fingerprint density at radius 3 is 2.58 bits per heavy atom. The molecule has 0 aliphatic carbocycles. The highest BCUT2D eigenvalue weighted by Gasteiger charge is 2.30. The SMILES string of the molecule is Cc1ccc(-c2nnnn2CC(=O)Nc2cccc(C(F)(F)F)c2)cc1. The van der Waals surface area contributed by atoms with Gasteiger partial charge >= 0.3 is 6.18 Å². The summed E-state index contributed by atoms with van der Waals surface area (Å²) in [6.07, 6.45) is -4.48. The van der Waals surface area contributed by atoms with E-state index in [9.17, 15) is 18.0 Å². The van der Waals surface area contributed by atoms with Gasteiger partial charge in [0.1, 0.15) is 6.54 Å². The summed E-state index contributed by atoms with van der Waals surface area (Å²) < 4.78 is 39.5. The van der Waals surface area contributed by atoms with Crippen molar-refractivity contribution in [3.63, 3.8) is 0 Å². The molecular weight excluding hydrogens is 347 g/mol. The van der Waals surface area contributed by atoms with E-state index in [0.29, 0.717) is 5.82 Å². The molecule has 0 atom stereocenters. The molecule has 0 saturated carbocycles. The number of benzene rings is 2. The zero-order valence-electron chi connectivity index (χ0n) is 13.7. The average molecular weight is 361 g/mol. The zero-order valence-corrected chi connectivity index (χ0v) is 13.7. The van der Waals surface area contributed by atoms with Gasteiger partial charge in [-0.15, -0.1) is 5.10 Å². The number of tetrazole rings is 1. The van der Waals surface area contributed by atoms with E-state index in [1.807, 2.05) is 31.2 Å². The number of anilines is 1. The van der Waals surface area contributed by atoms with Crippen molar-refractivity contribution in [3.05, 3.63) is 59.7 Å². The Kier molecular flexibility index (Phi) is 4.70. The van der Waals surface area contributed by atoms with E-state index in [0.717, 1.165) is 23.3 Å². The van der Waals surface area contributed by atoms with Gasteiger partial charge in [0.05, 0.1) is 5.56 Å². The van der Waals surface area contributed by atoms with Gasteiger partial charge in [-0.3, -0.25) is 4.79 Å². The molecule has 26 heavy (non-hydrogen) atoms. The van der Waals surface area contributed by atoms with Crippen LogP contribution in [0.15, 0.2) is 48.5 Å². The Bertz CT molecular complexity index is 919. The number of hydrogen-bond acceptors (Lipinski definition) is 4. The Labute approximate surface area is 146 Å². The van der Waals surface area contributed by atoms with E-state index < -0.39 is 17.6 Å². The molecule has 0 saturated heterocycles. The van der Waals surface area contributed by atoms with E-state index in [2.05, 4.69) is 20.8 Å². The van der Waals surface area contributed by atoms with Gasteiger partial charge in [0.15, 0.2) is 5.82 Å². The minimum absolute atomic E-state index is 0.0507. The third-order valence-electron chi connectivity index (χ3n) is 3.61. The van der Waals surface area contributed by atoms with Gasteiger partial charge in [0, 0.05) is 11.3 Å². The van der Waals surface area contributed by atoms with Crippen LogP contribution in [0.3, 0.4) is 0 Å². The van der Waals surface area contributed by atoms with Crippen LogP contribution in [0.2, 0.25) is 0 Å². The molecule has 0 radical (unpaired) electrons. The van der Waals surface area contributed by atoms with Crippen molar-refractivity contribution in [2.45, 2.75) is 19.6 Å². The molecule has 9 heteroatoms. The second-order valence-electron chi connectivity index (χ2n) is 5.65. The molecular formula is C17H14F3N5O. The number of amides is 1. The molecule has 0 fully saturated rings. The van der Waals surface area contributed by atoms with Gasteiger partial charge < -0.3 is 5.32 Å². The van der Waals surface area contributed by atoms with Crippen molar-refractivity contribution >= 4 is 11.6 Å². The molecule has 2 aromatic carbocycles. The first-order chi connectivity index (χ1) is 12.3. The molecule has 3 aromatic rings. The lowest BCUT2D eigenvalue weighted by Gasteiger charge is -2.10. The first-order valence-electron chi connectivity index (χ1n) is 7.63. The summed E-state index contributed by atoms with van der Waals surface area (Å²) in [6.45, 7) is 1.71. The van der Waals surface area contributed by atoms with Gasteiger partial charge in [-0.05, 0) is 35.5 Å². The summed E-state index contributed by atoms with van der Waals surface area (Å²) in [4.78, 5) is 12.2. The highest BCUT2D eigenvalue weighted by molar-refractivity contribution is 5.90. The molecule has 0 unspecified atom stereocenters. The average Bonchev–Trinajstić information content (AvgIpc) is 3.03. The van der Waals surface area contributed by atoms with E-state index >= 15 is 0 Å². The van der Waals surface area contributed by atoms with Gasteiger partial charge in [-0.2, -0.15) is 13.2 Å². The maximum Gasteiger partial charge on any atom is 0.416 e. The first-order valence-corrected chi connectivity index (χ1v) is 7.63. The van der Waals surface area contributed by atoms with Crippen molar-refractivity contribution < 1.29 is 18.0 Å².